The Hall–Kier alpha value is -2.99. The summed E-state index contributed by atoms with van der Waals surface area (Å²) in [6.45, 7) is 0.146. The van der Waals surface area contributed by atoms with Gasteiger partial charge in [-0.3, -0.25) is 4.79 Å². The number of furan rings is 1. The van der Waals surface area contributed by atoms with Gasteiger partial charge in [-0.15, -0.1) is 6.42 Å². The number of para-hydroxylation sites is 1. The molecule has 1 amide bonds. The van der Waals surface area contributed by atoms with E-state index in [4.69, 9.17) is 20.3 Å². The highest BCUT2D eigenvalue weighted by molar-refractivity contribution is 14.1. The van der Waals surface area contributed by atoms with E-state index in [9.17, 15) is 4.79 Å². The van der Waals surface area contributed by atoms with Gasteiger partial charge in [0.2, 0.25) is 0 Å². The maximum atomic E-state index is 12.2. The Morgan fingerprint density at radius 2 is 2.19 bits per heavy atom. The van der Waals surface area contributed by atoms with Crippen LogP contribution in [0, 0.1) is 15.9 Å². The lowest BCUT2D eigenvalue weighted by atomic mass is 10.2. The van der Waals surface area contributed by atoms with E-state index in [1.807, 2.05) is 24.3 Å². The molecule has 1 N–H and O–H groups in total. The van der Waals surface area contributed by atoms with Crippen molar-refractivity contribution < 1.29 is 18.7 Å². The predicted molar refractivity (Wildman–Crippen MR) is 111 cm³/mol. The highest BCUT2D eigenvalue weighted by Crippen LogP contribution is 2.33. The van der Waals surface area contributed by atoms with E-state index in [2.05, 4.69) is 39.0 Å². The fourth-order valence-electron chi connectivity index (χ4n) is 2.38. The first-order chi connectivity index (χ1) is 13.1. The third-order valence-corrected chi connectivity index (χ3v) is 4.38. The zero-order valence-corrected chi connectivity index (χ0v) is 16.5. The van der Waals surface area contributed by atoms with Crippen LogP contribution in [0.2, 0.25) is 0 Å². The van der Waals surface area contributed by atoms with Crippen LogP contribution in [-0.2, 0) is 0 Å². The number of halogens is 1. The normalized spacial score (nSPS) is 10.7. The summed E-state index contributed by atoms with van der Waals surface area (Å²) in [7, 11) is 1.54. The Labute approximate surface area is 169 Å². The minimum atomic E-state index is -0.432. The molecule has 0 aliphatic rings. The molecular formula is C20H15IN2O4. The Morgan fingerprint density at radius 3 is 2.93 bits per heavy atom. The summed E-state index contributed by atoms with van der Waals surface area (Å²) in [5, 5.41) is 4.83. The largest absolute Gasteiger partial charge is 0.493 e. The van der Waals surface area contributed by atoms with Crippen molar-refractivity contribution in [2.45, 2.75) is 0 Å². The second kappa shape index (κ2) is 8.60. The number of hydrogen-bond donors (Lipinski definition) is 1. The number of hydrazone groups is 1. The van der Waals surface area contributed by atoms with Crippen molar-refractivity contribution in [1.82, 2.24) is 5.43 Å². The zero-order chi connectivity index (χ0) is 19.2. The molecule has 0 radical (unpaired) electrons. The van der Waals surface area contributed by atoms with E-state index in [1.165, 1.54) is 6.21 Å². The Bertz CT molecular complexity index is 1020. The van der Waals surface area contributed by atoms with Crippen molar-refractivity contribution in [3.63, 3.8) is 0 Å². The molecule has 0 saturated heterocycles. The lowest BCUT2D eigenvalue weighted by molar-refractivity contribution is 0.0929. The molecule has 136 valence electrons. The number of rotatable bonds is 6. The monoisotopic (exact) mass is 474 g/mol. The van der Waals surface area contributed by atoms with E-state index in [0.29, 0.717) is 17.1 Å². The molecule has 1 aromatic heterocycles. The molecule has 0 saturated carbocycles. The number of amides is 1. The number of carbonyl (C=O) groups is 1. The minimum absolute atomic E-state index is 0.146. The summed E-state index contributed by atoms with van der Waals surface area (Å²) in [5.74, 6) is 3.28. The molecule has 0 aliphatic carbocycles. The maximum absolute atomic E-state index is 12.2. The first-order valence-corrected chi connectivity index (χ1v) is 8.96. The number of fused-ring (bicyclic) bond motifs is 1. The van der Waals surface area contributed by atoms with Crippen molar-refractivity contribution in [2.75, 3.05) is 13.7 Å². The van der Waals surface area contributed by atoms with Crippen molar-refractivity contribution >= 4 is 45.7 Å². The van der Waals surface area contributed by atoms with Crippen molar-refractivity contribution in [3.8, 4) is 23.8 Å². The summed E-state index contributed by atoms with van der Waals surface area (Å²) in [5.41, 5.74) is 3.83. The summed E-state index contributed by atoms with van der Waals surface area (Å²) in [6, 6.07) is 12.6. The van der Waals surface area contributed by atoms with Gasteiger partial charge in [0.15, 0.2) is 17.3 Å². The molecule has 0 aliphatic heterocycles. The van der Waals surface area contributed by atoms with Crippen LogP contribution in [0.1, 0.15) is 16.1 Å². The third kappa shape index (κ3) is 4.41. The second-order valence-electron chi connectivity index (χ2n) is 5.37. The van der Waals surface area contributed by atoms with Gasteiger partial charge in [0.25, 0.3) is 0 Å². The number of carbonyl (C=O) groups excluding carboxylic acids is 1. The van der Waals surface area contributed by atoms with Gasteiger partial charge in [0.05, 0.1) is 16.9 Å². The van der Waals surface area contributed by atoms with Crippen LogP contribution in [0.3, 0.4) is 0 Å². The van der Waals surface area contributed by atoms with Gasteiger partial charge in [-0.25, -0.2) is 5.43 Å². The van der Waals surface area contributed by atoms with E-state index >= 15 is 0 Å². The number of benzene rings is 2. The van der Waals surface area contributed by atoms with Crippen molar-refractivity contribution in [1.29, 1.82) is 0 Å². The molecule has 3 rings (SSSR count). The van der Waals surface area contributed by atoms with Crippen molar-refractivity contribution in [2.24, 2.45) is 5.10 Å². The highest BCUT2D eigenvalue weighted by Gasteiger charge is 2.12. The third-order valence-electron chi connectivity index (χ3n) is 3.58. The zero-order valence-electron chi connectivity index (χ0n) is 14.4. The van der Waals surface area contributed by atoms with Gasteiger partial charge in [-0.1, -0.05) is 24.1 Å². The second-order valence-corrected chi connectivity index (χ2v) is 6.54. The predicted octanol–water partition coefficient (Wildman–Crippen LogP) is 3.82. The van der Waals surface area contributed by atoms with Gasteiger partial charge in [-0.05, 0) is 52.4 Å². The number of hydrogen-bond acceptors (Lipinski definition) is 5. The molecule has 2 aromatic carbocycles. The minimum Gasteiger partial charge on any atom is -0.493 e. The summed E-state index contributed by atoms with van der Waals surface area (Å²) in [4.78, 5) is 12.2. The lowest BCUT2D eigenvalue weighted by Gasteiger charge is -2.11. The molecule has 6 nitrogen and oxygen atoms in total. The Balaban J connectivity index is 1.72. The molecule has 3 aromatic rings. The van der Waals surface area contributed by atoms with E-state index in [1.54, 1.807) is 25.3 Å². The van der Waals surface area contributed by atoms with Crippen LogP contribution in [-0.4, -0.2) is 25.8 Å². The number of nitrogens with one attached hydrogen (secondary N) is 1. The van der Waals surface area contributed by atoms with Gasteiger partial charge >= 0.3 is 5.91 Å². The fourth-order valence-corrected chi connectivity index (χ4v) is 3.16. The molecule has 1 heterocycles. The number of terminal acetylenes is 1. The molecule has 0 bridgehead atoms. The topological polar surface area (TPSA) is 73.1 Å². The summed E-state index contributed by atoms with van der Waals surface area (Å²) >= 11 is 2.12. The first kappa shape index (κ1) is 18.8. The van der Waals surface area contributed by atoms with Gasteiger partial charge in [0.1, 0.15) is 12.2 Å². The van der Waals surface area contributed by atoms with Gasteiger partial charge in [0, 0.05) is 5.39 Å². The fraction of sp³-hybridized carbons (Fsp3) is 0.100. The maximum Gasteiger partial charge on any atom is 0.307 e. The Morgan fingerprint density at radius 1 is 1.37 bits per heavy atom. The van der Waals surface area contributed by atoms with Crippen LogP contribution in [0.4, 0.5) is 0 Å². The standard InChI is InChI=1S/C20H15IN2O4/c1-3-8-26-19-15(21)9-13(10-17(19)25-2)12-22-23-20(24)18-11-14-6-4-5-7-16(14)27-18/h1,4-7,9-12H,8H2,2H3,(H,23,24)/b22-12-. The van der Waals surface area contributed by atoms with E-state index in [0.717, 1.165) is 14.5 Å². The van der Waals surface area contributed by atoms with Gasteiger partial charge in [-0.2, -0.15) is 5.10 Å². The number of ether oxygens (including phenoxy) is 2. The molecule has 0 unspecified atom stereocenters. The molecule has 0 fully saturated rings. The van der Waals surface area contributed by atoms with E-state index in [-0.39, 0.29) is 12.4 Å². The van der Waals surface area contributed by atoms with Crippen LogP contribution in [0.5, 0.6) is 11.5 Å². The SMILES string of the molecule is C#CCOc1c(I)cc(/C=N\NC(=O)c2cc3ccccc3o2)cc1OC. The first-order valence-electron chi connectivity index (χ1n) is 7.88. The van der Waals surface area contributed by atoms with Crippen LogP contribution in [0.25, 0.3) is 11.0 Å². The van der Waals surface area contributed by atoms with Crippen LogP contribution >= 0.6 is 22.6 Å². The molecule has 7 heteroatoms. The lowest BCUT2D eigenvalue weighted by Crippen LogP contribution is -2.16. The number of methoxy groups -OCH3 is 1. The average molecular weight is 474 g/mol. The van der Waals surface area contributed by atoms with Crippen molar-refractivity contribution in [3.05, 3.63) is 57.4 Å². The summed E-state index contributed by atoms with van der Waals surface area (Å²) in [6.07, 6.45) is 6.74. The van der Waals surface area contributed by atoms with Crippen LogP contribution in [0.15, 0.2) is 52.0 Å². The average Bonchev–Trinajstić information content (AvgIpc) is 3.11. The van der Waals surface area contributed by atoms with Gasteiger partial charge < -0.3 is 13.9 Å². The number of nitrogens with zero attached hydrogens (tertiary/aromatic N) is 1. The molecular weight excluding hydrogens is 459 g/mol. The molecule has 27 heavy (non-hydrogen) atoms. The summed E-state index contributed by atoms with van der Waals surface area (Å²) < 4.78 is 17.1. The molecule has 0 atom stereocenters. The smallest absolute Gasteiger partial charge is 0.307 e. The molecule has 0 spiro atoms. The quantitative estimate of drug-likeness (QED) is 0.255. The Kier molecular flexibility index (Phi) is 5.98. The van der Waals surface area contributed by atoms with E-state index < -0.39 is 5.91 Å². The highest BCUT2D eigenvalue weighted by atomic mass is 127. The van der Waals surface area contributed by atoms with Crippen LogP contribution < -0.4 is 14.9 Å².